The number of hydrogen-bond acceptors (Lipinski definition) is 1. The summed E-state index contributed by atoms with van der Waals surface area (Å²) < 4.78 is 0. The molecule has 0 heterocycles. The van der Waals surface area contributed by atoms with Crippen LogP contribution in [0.5, 0.6) is 0 Å². The van der Waals surface area contributed by atoms with Gasteiger partial charge in [0.05, 0.1) is 0 Å². The maximum absolute atomic E-state index is 5.77. The molecule has 142 valence electrons. The lowest BCUT2D eigenvalue weighted by Gasteiger charge is -2.41. The molecule has 0 aromatic heterocycles. The molecule has 0 spiro atoms. The van der Waals surface area contributed by atoms with Gasteiger partial charge < -0.3 is 5.73 Å². The van der Waals surface area contributed by atoms with Crippen LogP contribution >= 0.6 is 0 Å². The molecule has 0 amide bonds. The van der Waals surface area contributed by atoms with Crippen molar-refractivity contribution >= 4 is 0 Å². The minimum Gasteiger partial charge on any atom is -0.327 e. The first-order chi connectivity index (χ1) is 13.8. The van der Waals surface area contributed by atoms with Gasteiger partial charge in [-0.1, -0.05) is 91.0 Å². The lowest BCUT2D eigenvalue weighted by Crippen LogP contribution is -2.33. The fourth-order valence-corrected chi connectivity index (χ4v) is 4.84. The van der Waals surface area contributed by atoms with E-state index in [2.05, 4.69) is 91.0 Å². The van der Waals surface area contributed by atoms with Crippen molar-refractivity contribution in [1.82, 2.24) is 0 Å². The molecule has 3 aromatic rings. The van der Waals surface area contributed by atoms with Crippen LogP contribution in [-0.4, -0.2) is 6.54 Å². The van der Waals surface area contributed by atoms with Crippen LogP contribution in [0.1, 0.15) is 47.1 Å². The van der Waals surface area contributed by atoms with Crippen molar-refractivity contribution < 1.29 is 0 Å². The molecule has 1 aliphatic carbocycles. The number of rotatable bonds is 7. The van der Waals surface area contributed by atoms with Gasteiger partial charge in [-0.05, 0) is 59.9 Å². The Balaban J connectivity index is 1.73. The minimum absolute atomic E-state index is 0.0336. The predicted octanol–water partition coefficient (Wildman–Crippen LogP) is 5.80. The van der Waals surface area contributed by atoms with Crippen LogP contribution < -0.4 is 5.73 Å². The normalized spacial score (nSPS) is 14.6. The Hall–Kier alpha value is -2.64. The zero-order valence-corrected chi connectivity index (χ0v) is 16.5. The van der Waals surface area contributed by atoms with Crippen LogP contribution in [-0.2, 0) is 18.3 Å². The number of fused-ring (bicyclic) bond motifs is 2. The number of hydrogen-bond donors (Lipinski definition) is 1. The molecule has 0 radical (unpaired) electrons. The van der Waals surface area contributed by atoms with Gasteiger partial charge in [0.1, 0.15) is 0 Å². The first kappa shape index (κ1) is 18.7. The zero-order valence-electron chi connectivity index (χ0n) is 16.5. The van der Waals surface area contributed by atoms with Gasteiger partial charge >= 0.3 is 0 Å². The highest BCUT2D eigenvalue weighted by Gasteiger charge is 2.38. The summed E-state index contributed by atoms with van der Waals surface area (Å²) in [4.78, 5) is 0. The molecule has 0 saturated heterocycles. The Morgan fingerprint density at radius 2 is 1.36 bits per heavy atom. The van der Waals surface area contributed by atoms with E-state index in [-0.39, 0.29) is 5.41 Å². The van der Waals surface area contributed by atoms with Crippen LogP contribution in [0.25, 0.3) is 0 Å². The smallest absolute Gasteiger partial charge is 0.0243 e. The average molecular weight is 368 g/mol. The molecule has 0 aliphatic heterocycles. The maximum atomic E-state index is 5.77. The van der Waals surface area contributed by atoms with Crippen molar-refractivity contribution in [2.45, 2.75) is 37.5 Å². The molecule has 0 unspecified atom stereocenters. The van der Waals surface area contributed by atoms with E-state index in [0.29, 0.717) is 6.54 Å². The standard InChI is InChI=1S/C27H29N/c28-20-9-8-18-27(19-10-13-22-11-2-1-3-12-22)25-16-6-4-14-23(25)21-24-15-5-7-17-26(24)27/h1-9,11-12,14-17H,10,13,18-21,28H2/b9-8-. The van der Waals surface area contributed by atoms with Gasteiger partial charge in [-0.15, -0.1) is 0 Å². The Labute approximate surface area is 168 Å². The van der Waals surface area contributed by atoms with Gasteiger partial charge in [0.2, 0.25) is 0 Å². The van der Waals surface area contributed by atoms with E-state index in [1.807, 2.05) is 0 Å². The fraction of sp³-hybridized carbons (Fsp3) is 0.259. The third-order valence-corrected chi connectivity index (χ3v) is 6.13. The molecule has 0 fully saturated rings. The van der Waals surface area contributed by atoms with E-state index in [1.165, 1.54) is 34.2 Å². The topological polar surface area (TPSA) is 26.0 Å². The number of nitrogens with two attached hydrogens (primary N) is 1. The van der Waals surface area contributed by atoms with Crippen molar-refractivity contribution in [3.8, 4) is 0 Å². The van der Waals surface area contributed by atoms with Gasteiger partial charge in [0.15, 0.2) is 0 Å². The fourth-order valence-electron chi connectivity index (χ4n) is 4.84. The van der Waals surface area contributed by atoms with Crippen LogP contribution in [0.2, 0.25) is 0 Å². The highest BCUT2D eigenvalue weighted by molar-refractivity contribution is 5.54. The summed E-state index contributed by atoms with van der Waals surface area (Å²) in [6.07, 6.45) is 9.88. The van der Waals surface area contributed by atoms with Crippen molar-refractivity contribution in [3.05, 3.63) is 119 Å². The second kappa shape index (κ2) is 8.58. The van der Waals surface area contributed by atoms with Crippen molar-refractivity contribution in [2.75, 3.05) is 6.54 Å². The first-order valence-corrected chi connectivity index (χ1v) is 10.4. The molecule has 28 heavy (non-hydrogen) atoms. The van der Waals surface area contributed by atoms with E-state index in [4.69, 9.17) is 5.73 Å². The average Bonchev–Trinajstić information content (AvgIpc) is 2.75. The van der Waals surface area contributed by atoms with Gasteiger partial charge in [0, 0.05) is 12.0 Å². The molecule has 1 nitrogen and oxygen atoms in total. The summed E-state index contributed by atoms with van der Waals surface area (Å²) >= 11 is 0. The summed E-state index contributed by atoms with van der Waals surface area (Å²) in [6.45, 7) is 0.601. The summed E-state index contributed by atoms with van der Waals surface area (Å²) in [6, 6.07) is 28.9. The van der Waals surface area contributed by atoms with E-state index in [1.54, 1.807) is 0 Å². The molecule has 2 N–H and O–H groups in total. The molecule has 3 aromatic carbocycles. The summed E-state index contributed by atoms with van der Waals surface area (Å²) in [5.41, 5.74) is 13.2. The van der Waals surface area contributed by atoms with Gasteiger partial charge in [0.25, 0.3) is 0 Å². The number of allylic oxidation sites excluding steroid dienone is 1. The van der Waals surface area contributed by atoms with Gasteiger partial charge in [-0.25, -0.2) is 0 Å². The molecule has 0 atom stereocenters. The highest BCUT2D eigenvalue weighted by atomic mass is 14.5. The minimum atomic E-state index is 0.0336. The SMILES string of the molecule is NC/C=C\CC1(CCCc2ccccc2)c2ccccc2Cc2ccccc21. The Morgan fingerprint density at radius 3 is 2.00 bits per heavy atom. The number of benzene rings is 3. The zero-order chi connectivity index (χ0) is 19.2. The number of aryl methyl sites for hydroxylation is 1. The van der Waals surface area contributed by atoms with Crippen LogP contribution in [0, 0.1) is 0 Å². The summed E-state index contributed by atoms with van der Waals surface area (Å²) in [7, 11) is 0. The van der Waals surface area contributed by atoms with E-state index >= 15 is 0 Å². The van der Waals surface area contributed by atoms with Crippen LogP contribution in [0.15, 0.2) is 91.0 Å². The van der Waals surface area contributed by atoms with Crippen LogP contribution in [0.3, 0.4) is 0 Å². The van der Waals surface area contributed by atoms with E-state index < -0.39 is 0 Å². The van der Waals surface area contributed by atoms with Gasteiger partial charge in [-0.2, -0.15) is 0 Å². The third-order valence-electron chi connectivity index (χ3n) is 6.13. The molecular formula is C27H29N. The Morgan fingerprint density at radius 1 is 0.750 bits per heavy atom. The van der Waals surface area contributed by atoms with E-state index in [9.17, 15) is 0 Å². The van der Waals surface area contributed by atoms with Crippen molar-refractivity contribution in [2.24, 2.45) is 5.73 Å². The van der Waals surface area contributed by atoms with E-state index in [0.717, 1.165) is 25.7 Å². The predicted molar refractivity (Wildman–Crippen MR) is 119 cm³/mol. The van der Waals surface area contributed by atoms with Crippen LogP contribution in [0.4, 0.5) is 0 Å². The molecule has 1 heteroatoms. The van der Waals surface area contributed by atoms with Gasteiger partial charge in [-0.3, -0.25) is 0 Å². The molecule has 0 saturated carbocycles. The highest BCUT2D eigenvalue weighted by Crippen LogP contribution is 2.47. The summed E-state index contributed by atoms with van der Waals surface area (Å²) in [5.74, 6) is 0. The lowest BCUT2D eigenvalue weighted by atomic mass is 9.62. The quantitative estimate of drug-likeness (QED) is 0.524. The molecule has 4 rings (SSSR count). The largest absolute Gasteiger partial charge is 0.327 e. The second-order valence-corrected chi connectivity index (χ2v) is 7.82. The van der Waals surface area contributed by atoms with Crippen molar-refractivity contribution in [1.29, 1.82) is 0 Å². The first-order valence-electron chi connectivity index (χ1n) is 10.4. The monoisotopic (exact) mass is 367 g/mol. The molecule has 0 bridgehead atoms. The third kappa shape index (κ3) is 3.68. The lowest BCUT2D eigenvalue weighted by molar-refractivity contribution is 0.445. The summed E-state index contributed by atoms with van der Waals surface area (Å²) in [5, 5.41) is 0. The van der Waals surface area contributed by atoms with Crippen molar-refractivity contribution in [3.63, 3.8) is 0 Å². The maximum Gasteiger partial charge on any atom is 0.0243 e. The molecular weight excluding hydrogens is 338 g/mol. The Bertz CT molecular complexity index is 894. The Kier molecular flexibility index (Phi) is 5.73. The molecule has 1 aliphatic rings. The second-order valence-electron chi connectivity index (χ2n) is 7.82.